The number of hydrogen-bond donors (Lipinski definition) is 1. The zero-order valence-electron chi connectivity index (χ0n) is 12.5. The van der Waals surface area contributed by atoms with Crippen LogP contribution < -0.4 is 69.2 Å². The van der Waals surface area contributed by atoms with Crippen LogP contribution in [0.25, 0.3) is 0 Å². The van der Waals surface area contributed by atoms with Crippen LogP contribution in [-0.4, -0.2) is 12.3 Å². The summed E-state index contributed by atoms with van der Waals surface area (Å²) in [4.78, 5) is 0. The first-order chi connectivity index (χ1) is 7.68. The fraction of sp³-hybridized carbons (Fsp3) is 1.00. The van der Waals surface area contributed by atoms with Crippen LogP contribution in [0.1, 0.15) is 71.1 Å². The van der Waals surface area contributed by atoms with Gasteiger partial charge in [-0.25, -0.2) is 0 Å². The van der Waals surface area contributed by atoms with Crippen molar-refractivity contribution in [2.45, 2.75) is 76.3 Å². The third-order valence-corrected chi connectivity index (χ3v) is 3.42. The molecule has 0 heterocycles. The zero-order chi connectivity index (χ0) is 12.2. The van der Waals surface area contributed by atoms with E-state index in [4.69, 9.17) is 0 Å². The molecule has 0 aliphatic carbocycles. The van der Waals surface area contributed by atoms with Gasteiger partial charge in [-0.2, -0.15) is 12.6 Å². The maximum atomic E-state index is 10.5. The van der Waals surface area contributed by atoms with Crippen molar-refractivity contribution in [1.82, 2.24) is 0 Å². The van der Waals surface area contributed by atoms with Crippen LogP contribution in [0.2, 0.25) is 0 Å². The van der Waals surface area contributed by atoms with Crippen molar-refractivity contribution in [3.8, 4) is 0 Å². The van der Waals surface area contributed by atoms with Crippen LogP contribution in [0.4, 0.5) is 0 Å². The van der Waals surface area contributed by atoms with E-state index in [9.17, 15) is 10.0 Å². The first-order valence-electron chi connectivity index (χ1n) is 6.68. The summed E-state index contributed by atoms with van der Waals surface area (Å²) in [5.74, 6) is 0. The predicted octanol–water partition coefficient (Wildman–Crippen LogP) is -4.04. The summed E-state index contributed by atoms with van der Waals surface area (Å²) in [5, 5.41) is 20.4. The summed E-state index contributed by atoms with van der Waals surface area (Å²) < 4.78 is 0. The van der Waals surface area contributed by atoms with Gasteiger partial charge in [0, 0.05) is 0 Å². The second kappa shape index (κ2) is 19.3. The van der Waals surface area contributed by atoms with Gasteiger partial charge in [-0.3, -0.25) is 0 Å². The number of rotatable bonds is 11. The normalized spacial score (nSPS) is 11.3. The second-order valence-corrected chi connectivity index (χ2v) is 5.22. The Kier molecular flexibility index (Phi) is 27.2. The van der Waals surface area contributed by atoms with E-state index in [1.54, 1.807) is 0 Å². The molecule has 0 saturated carbocycles. The summed E-state index contributed by atoms with van der Waals surface area (Å²) in [5.41, 5.74) is 0. The first-order valence-corrected chi connectivity index (χ1v) is 7.19. The summed E-state index contributed by atoms with van der Waals surface area (Å²) in [7, 11) is -1.77. The van der Waals surface area contributed by atoms with Gasteiger partial charge in [-0.1, -0.05) is 83.4 Å². The van der Waals surface area contributed by atoms with E-state index >= 15 is 0 Å². The number of unbranched alkanes of at least 4 members (excludes halogenated alkanes) is 8. The van der Waals surface area contributed by atoms with E-state index < -0.39 is 12.3 Å². The molecule has 0 amide bonds. The molecule has 0 radical (unpaired) electrons. The fourth-order valence-corrected chi connectivity index (χ4v) is 1.98. The molecule has 0 aromatic rings. The van der Waals surface area contributed by atoms with Crippen molar-refractivity contribution in [3.63, 3.8) is 0 Å². The Bertz CT molecular complexity index is 154. The van der Waals surface area contributed by atoms with Crippen molar-refractivity contribution >= 4 is 19.7 Å². The number of thiol groups is 1. The molecular weight excluding hydrogens is 265 g/mol. The summed E-state index contributed by atoms with van der Waals surface area (Å²) in [6, 6.07) is 0. The number of hydrogen-bond acceptors (Lipinski definition) is 3. The summed E-state index contributed by atoms with van der Waals surface area (Å²) >= 11 is 3.98. The van der Waals surface area contributed by atoms with Crippen LogP contribution in [-0.2, 0) is 0 Å². The molecule has 0 aliphatic heterocycles. The molecule has 0 rings (SSSR count). The Morgan fingerprint density at radius 1 is 0.833 bits per heavy atom. The Morgan fingerprint density at radius 2 is 1.22 bits per heavy atom. The smallest absolute Gasteiger partial charge is 0.892 e. The molecule has 6 heteroatoms. The van der Waals surface area contributed by atoms with Crippen molar-refractivity contribution in [2.75, 3.05) is 0 Å². The van der Waals surface area contributed by atoms with Gasteiger partial charge in [-0.15, -0.1) is 0 Å². The third kappa shape index (κ3) is 18.3. The zero-order valence-corrected chi connectivity index (χ0v) is 17.4. The Balaban J connectivity index is -0.00000112. The van der Waals surface area contributed by atoms with Gasteiger partial charge in [0.05, 0.1) is 0 Å². The summed E-state index contributed by atoms with van der Waals surface area (Å²) in [6.07, 6.45) is 12.0. The minimum atomic E-state index is -1.77. The van der Waals surface area contributed by atoms with Gasteiger partial charge in [0.15, 0.2) is 0 Å². The second-order valence-electron chi connectivity index (χ2n) is 4.55. The van der Waals surface area contributed by atoms with Crippen LogP contribution in [0.15, 0.2) is 0 Å². The van der Waals surface area contributed by atoms with Gasteiger partial charge >= 0.3 is 59.1 Å². The van der Waals surface area contributed by atoms with Crippen molar-refractivity contribution in [2.24, 2.45) is 0 Å². The topological polar surface area (TPSA) is 46.1 Å². The Labute approximate surface area is 163 Å². The van der Waals surface area contributed by atoms with E-state index in [0.29, 0.717) is 6.42 Å². The average molecular weight is 290 g/mol. The first kappa shape index (κ1) is 25.3. The van der Waals surface area contributed by atoms with Gasteiger partial charge in [0.25, 0.3) is 0 Å². The van der Waals surface area contributed by atoms with Gasteiger partial charge < -0.3 is 10.0 Å². The largest absolute Gasteiger partial charge is 1.00 e. The Morgan fingerprint density at radius 3 is 1.61 bits per heavy atom. The maximum Gasteiger partial charge on any atom is 1.00 e. The van der Waals surface area contributed by atoms with Gasteiger partial charge in [0.1, 0.15) is 0 Å². The molecule has 0 saturated heterocycles. The minimum Gasteiger partial charge on any atom is -0.892 e. The minimum absolute atomic E-state index is 0. The fourth-order valence-electron chi connectivity index (χ4n) is 1.80. The maximum absolute atomic E-state index is 10.5. The van der Waals surface area contributed by atoms with E-state index in [-0.39, 0.29) is 59.1 Å². The monoisotopic (exact) mass is 290 g/mol. The molecule has 18 heavy (non-hydrogen) atoms. The molecule has 0 bridgehead atoms. The predicted molar refractivity (Wildman–Crippen MR) is 70.4 cm³/mol. The molecule has 0 aromatic carbocycles. The van der Waals surface area contributed by atoms with Crippen molar-refractivity contribution < 1.29 is 69.2 Å². The van der Waals surface area contributed by atoms with E-state index in [2.05, 4.69) is 19.6 Å². The molecule has 1 unspecified atom stereocenters. The van der Waals surface area contributed by atoms with Gasteiger partial charge in [-0.05, 0) is 0 Å². The standard InChI is InChI=1S/C12H25BO2S.2Na/c1-2-3-4-5-6-7-8-9-10-11-12(16)13(14)15;;/h12,16H,2-11H2,1H3;;/q-2;2*+1. The molecule has 0 aromatic heterocycles. The van der Waals surface area contributed by atoms with E-state index in [1.807, 2.05) is 0 Å². The molecule has 0 fully saturated rings. The molecule has 0 N–H and O–H groups in total. The van der Waals surface area contributed by atoms with Crippen molar-refractivity contribution in [1.29, 1.82) is 0 Å². The molecular formula is C12H25BNa2O2S. The van der Waals surface area contributed by atoms with Crippen molar-refractivity contribution in [3.05, 3.63) is 0 Å². The average Bonchev–Trinajstić information content (AvgIpc) is 2.26. The third-order valence-electron chi connectivity index (χ3n) is 2.92. The molecule has 1 atom stereocenters. The van der Waals surface area contributed by atoms with Gasteiger partial charge in [0.2, 0.25) is 0 Å². The quantitative estimate of drug-likeness (QED) is 0.239. The Hall–Kier alpha value is 2.33. The molecule has 2 nitrogen and oxygen atoms in total. The van der Waals surface area contributed by atoms with E-state index in [1.165, 1.54) is 44.9 Å². The summed E-state index contributed by atoms with van der Waals surface area (Å²) in [6.45, 7) is 2.23. The molecule has 0 spiro atoms. The SMILES string of the molecule is CCCCCCCCCCCC(S)B([O-])[O-].[Na+].[Na+]. The molecule has 96 valence electrons. The van der Waals surface area contributed by atoms with Crippen LogP contribution in [0, 0.1) is 0 Å². The molecule has 0 aliphatic rings. The van der Waals surface area contributed by atoms with Crippen LogP contribution in [0.3, 0.4) is 0 Å². The van der Waals surface area contributed by atoms with Crippen LogP contribution >= 0.6 is 12.6 Å². The van der Waals surface area contributed by atoms with Crippen LogP contribution in [0.5, 0.6) is 0 Å². The van der Waals surface area contributed by atoms with E-state index in [0.717, 1.165) is 12.8 Å².